The Kier molecular flexibility index (Phi) is 4.34. The van der Waals surface area contributed by atoms with Crippen molar-refractivity contribution in [2.75, 3.05) is 11.4 Å². The highest BCUT2D eigenvalue weighted by Crippen LogP contribution is 2.30. The molecule has 4 rings (SSSR count). The minimum atomic E-state index is -0.531. The summed E-state index contributed by atoms with van der Waals surface area (Å²) in [5.41, 5.74) is 2.20. The van der Waals surface area contributed by atoms with Crippen LogP contribution in [0.2, 0.25) is 5.02 Å². The summed E-state index contributed by atoms with van der Waals surface area (Å²) in [6.45, 7) is 0.522. The molecule has 0 unspecified atom stereocenters. The monoisotopic (exact) mass is 370 g/mol. The van der Waals surface area contributed by atoms with Crippen LogP contribution in [0.25, 0.3) is 11.1 Å². The van der Waals surface area contributed by atoms with Gasteiger partial charge in [0.15, 0.2) is 12.2 Å². The number of oxazole rings is 1. The molecule has 0 saturated carbocycles. The third-order valence-corrected chi connectivity index (χ3v) is 4.53. The highest BCUT2D eigenvalue weighted by Gasteiger charge is 2.24. The fourth-order valence-electron chi connectivity index (χ4n) is 2.94. The van der Waals surface area contributed by atoms with Gasteiger partial charge in [0.2, 0.25) is 11.8 Å². The van der Waals surface area contributed by atoms with E-state index in [4.69, 9.17) is 20.8 Å². The van der Waals surface area contributed by atoms with Gasteiger partial charge in [0.05, 0.1) is 16.3 Å². The zero-order chi connectivity index (χ0) is 18.1. The van der Waals surface area contributed by atoms with Crippen molar-refractivity contribution in [2.24, 2.45) is 0 Å². The van der Waals surface area contributed by atoms with Crippen LogP contribution in [0, 0.1) is 0 Å². The number of rotatable bonds is 4. The summed E-state index contributed by atoms with van der Waals surface area (Å²) in [6, 6.07) is 12.1. The third-order valence-electron chi connectivity index (χ3n) is 4.21. The van der Waals surface area contributed by atoms with E-state index in [1.807, 2.05) is 18.2 Å². The van der Waals surface area contributed by atoms with E-state index in [0.717, 1.165) is 6.42 Å². The molecule has 2 aromatic carbocycles. The van der Waals surface area contributed by atoms with Crippen molar-refractivity contribution in [3.8, 4) is 0 Å². The molecule has 1 amide bonds. The van der Waals surface area contributed by atoms with Crippen molar-refractivity contribution in [3.63, 3.8) is 0 Å². The number of para-hydroxylation sites is 2. The Hall–Kier alpha value is -2.86. The van der Waals surface area contributed by atoms with Gasteiger partial charge < -0.3 is 14.1 Å². The maximum atomic E-state index is 12.4. The normalized spacial score (nSPS) is 14.2. The Labute approximate surface area is 154 Å². The molecule has 3 aromatic rings. The number of fused-ring (bicyclic) bond motifs is 1. The molecule has 132 valence electrons. The van der Waals surface area contributed by atoms with Crippen LogP contribution in [0.1, 0.15) is 29.1 Å². The summed E-state index contributed by atoms with van der Waals surface area (Å²) in [5.74, 6) is -0.204. The number of benzene rings is 2. The molecule has 1 saturated heterocycles. The van der Waals surface area contributed by atoms with E-state index in [1.165, 1.54) is 0 Å². The number of hydrogen-bond acceptors (Lipinski definition) is 5. The van der Waals surface area contributed by atoms with Crippen LogP contribution >= 0.6 is 11.6 Å². The predicted octanol–water partition coefficient (Wildman–Crippen LogP) is 3.97. The van der Waals surface area contributed by atoms with Gasteiger partial charge in [-0.05, 0) is 36.8 Å². The minimum absolute atomic E-state index is 0.00360. The van der Waals surface area contributed by atoms with Crippen LogP contribution in [-0.4, -0.2) is 23.4 Å². The molecular formula is C19H15ClN2O4. The van der Waals surface area contributed by atoms with E-state index in [-0.39, 0.29) is 12.5 Å². The highest BCUT2D eigenvalue weighted by molar-refractivity contribution is 6.34. The van der Waals surface area contributed by atoms with Crippen LogP contribution in [0.3, 0.4) is 0 Å². The van der Waals surface area contributed by atoms with Gasteiger partial charge in [0, 0.05) is 13.0 Å². The maximum absolute atomic E-state index is 12.4. The van der Waals surface area contributed by atoms with Crippen LogP contribution in [0.15, 0.2) is 46.9 Å². The zero-order valence-corrected chi connectivity index (χ0v) is 14.5. The molecule has 26 heavy (non-hydrogen) atoms. The number of anilines is 1. The lowest BCUT2D eigenvalue weighted by Gasteiger charge is -2.18. The van der Waals surface area contributed by atoms with Gasteiger partial charge in [0.25, 0.3) is 0 Å². The zero-order valence-electron chi connectivity index (χ0n) is 13.8. The van der Waals surface area contributed by atoms with Gasteiger partial charge in [-0.3, -0.25) is 4.79 Å². The molecule has 1 aliphatic rings. The van der Waals surface area contributed by atoms with Gasteiger partial charge in [-0.25, -0.2) is 9.78 Å². The Morgan fingerprint density at radius 3 is 2.88 bits per heavy atom. The number of carbonyl (C=O) groups is 2. The molecule has 0 atom stereocenters. The smallest absolute Gasteiger partial charge is 0.338 e. The molecule has 0 aliphatic carbocycles. The SMILES string of the molecule is O=C(OCc1nc2ccccc2o1)c1ccc(Cl)c(N2CCCC2=O)c1. The second-order valence-corrected chi connectivity index (χ2v) is 6.37. The molecule has 1 aromatic heterocycles. The van der Waals surface area contributed by atoms with E-state index in [9.17, 15) is 9.59 Å². The van der Waals surface area contributed by atoms with E-state index in [2.05, 4.69) is 4.98 Å². The number of esters is 1. The van der Waals surface area contributed by atoms with E-state index < -0.39 is 5.97 Å². The first-order valence-corrected chi connectivity index (χ1v) is 8.61. The third kappa shape index (κ3) is 3.15. The summed E-state index contributed by atoms with van der Waals surface area (Å²) in [6.07, 6.45) is 1.27. The number of halogens is 1. The first kappa shape index (κ1) is 16.6. The molecular weight excluding hydrogens is 356 g/mol. The van der Waals surface area contributed by atoms with E-state index in [1.54, 1.807) is 29.2 Å². The summed E-state index contributed by atoms with van der Waals surface area (Å²) in [4.78, 5) is 30.2. The van der Waals surface area contributed by atoms with E-state index >= 15 is 0 Å². The van der Waals surface area contributed by atoms with E-state index in [0.29, 0.717) is 46.2 Å². The van der Waals surface area contributed by atoms with Crippen molar-refractivity contribution in [3.05, 3.63) is 58.9 Å². The average molecular weight is 371 g/mol. The van der Waals surface area contributed by atoms with Gasteiger partial charge in [-0.1, -0.05) is 23.7 Å². The maximum Gasteiger partial charge on any atom is 0.338 e. The number of amides is 1. The van der Waals surface area contributed by atoms with Crippen LogP contribution < -0.4 is 4.90 Å². The molecule has 6 nitrogen and oxygen atoms in total. The molecule has 1 aliphatic heterocycles. The van der Waals surface area contributed by atoms with Crippen LogP contribution in [0.4, 0.5) is 5.69 Å². The van der Waals surface area contributed by atoms with Crippen LogP contribution in [-0.2, 0) is 16.1 Å². The standard InChI is InChI=1S/C19H15ClN2O4/c20-13-8-7-12(10-15(13)22-9-3-6-18(22)23)19(24)25-11-17-21-14-4-1-2-5-16(14)26-17/h1-2,4-5,7-8,10H,3,6,9,11H2. The largest absolute Gasteiger partial charge is 0.452 e. The Morgan fingerprint density at radius 2 is 2.12 bits per heavy atom. The Bertz CT molecular complexity index is 965. The summed E-state index contributed by atoms with van der Waals surface area (Å²) >= 11 is 6.19. The lowest BCUT2D eigenvalue weighted by molar-refractivity contribution is -0.117. The first-order chi connectivity index (χ1) is 12.6. The lowest BCUT2D eigenvalue weighted by Crippen LogP contribution is -2.24. The average Bonchev–Trinajstić information content (AvgIpc) is 3.25. The van der Waals surface area contributed by atoms with Crippen molar-refractivity contribution in [2.45, 2.75) is 19.4 Å². The van der Waals surface area contributed by atoms with Crippen LogP contribution in [0.5, 0.6) is 0 Å². The highest BCUT2D eigenvalue weighted by atomic mass is 35.5. The van der Waals surface area contributed by atoms with Crippen molar-refractivity contribution in [1.29, 1.82) is 0 Å². The first-order valence-electron chi connectivity index (χ1n) is 8.23. The number of carbonyl (C=O) groups excluding carboxylic acids is 2. The topological polar surface area (TPSA) is 72.6 Å². The lowest BCUT2D eigenvalue weighted by atomic mass is 10.2. The van der Waals surface area contributed by atoms with Crippen molar-refractivity contribution < 1.29 is 18.7 Å². The van der Waals surface area contributed by atoms with Gasteiger partial charge in [0.1, 0.15) is 5.52 Å². The molecule has 0 N–H and O–H groups in total. The molecule has 0 bridgehead atoms. The van der Waals surface area contributed by atoms with Crippen molar-refractivity contribution in [1.82, 2.24) is 4.98 Å². The molecule has 7 heteroatoms. The number of aromatic nitrogens is 1. The molecule has 0 spiro atoms. The fourth-order valence-corrected chi connectivity index (χ4v) is 3.16. The number of ether oxygens (including phenoxy) is 1. The van der Waals surface area contributed by atoms with Gasteiger partial charge >= 0.3 is 5.97 Å². The summed E-state index contributed by atoms with van der Waals surface area (Å²) in [7, 11) is 0. The molecule has 0 radical (unpaired) electrons. The predicted molar refractivity (Wildman–Crippen MR) is 96.2 cm³/mol. The number of hydrogen-bond donors (Lipinski definition) is 0. The van der Waals surface area contributed by atoms with Gasteiger partial charge in [-0.15, -0.1) is 0 Å². The van der Waals surface area contributed by atoms with Crippen molar-refractivity contribution >= 4 is 40.3 Å². The minimum Gasteiger partial charge on any atom is -0.452 e. The summed E-state index contributed by atoms with van der Waals surface area (Å²) < 4.78 is 10.8. The second-order valence-electron chi connectivity index (χ2n) is 5.97. The Balaban J connectivity index is 1.50. The van der Waals surface area contributed by atoms with Gasteiger partial charge in [-0.2, -0.15) is 0 Å². The molecule has 2 heterocycles. The second kappa shape index (κ2) is 6.80. The number of nitrogens with zero attached hydrogens (tertiary/aromatic N) is 2. The fraction of sp³-hybridized carbons (Fsp3) is 0.211. The Morgan fingerprint density at radius 1 is 1.27 bits per heavy atom. The quantitative estimate of drug-likeness (QED) is 0.650. The molecule has 1 fully saturated rings. The summed E-state index contributed by atoms with van der Waals surface area (Å²) in [5, 5.41) is 0.427.